The lowest BCUT2D eigenvalue weighted by molar-refractivity contribution is 0.481. The Morgan fingerprint density at radius 1 is 0.653 bits per heavy atom. The standard InChI is InChI=1S/C43H43FN4O/c1-26-21-30(48-41(43(7,8)9)39(40(46-48)42(4,5)6)38-27(2)13-12-14-28(38)3)24-32(22-26)49-31-17-18-34-33-15-10-11-16-35(33)47(36(34)25-31)37-23-29(44)19-20-45-37/h10-25H,1-9H3. The van der Waals surface area contributed by atoms with Gasteiger partial charge in [0.1, 0.15) is 23.1 Å². The summed E-state index contributed by atoms with van der Waals surface area (Å²) < 4.78 is 25.2. The summed E-state index contributed by atoms with van der Waals surface area (Å²) in [5, 5.41) is 7.51. The lowest BCUT2D eigenvalue weighted by Gasteiger charge is -2.25. The number of ether oxygens (including phenoxy) is 1. The second-order valence-electron chi connectivity index (χ2n) is 15.2. The number of aromatic nitrogens is 4. The SMILES string of the molecule is Cc1cc(Oc2ccc3c4ccccc4n(-c4cc(F)ccn4)c3c2)cc(-n2nc(C(C)(C)C)c(-c3c(C)cccc3C)c2C(C)(C)C)c1. The van der Waals surface area contributed by atoms with E-state index in [1.807, 2.05) is 34.9 Å². The van der Waals surface area contributed by atoms with E-state index in [9.17, 15) is 4.39 Å². The van der Waals surface area contributed by atoms with Crippen LogP contribution in [0.2, 0.25) is 0 Å². The van der Waals surface area contributed by atoms with E-state index in [-0.39, 0.29) is 16.6 Å². The molecule has 7 rings (SSSR count). The second kappa shape index (κ2) is 11.7. The molecule has 248 valence electrons. The van der Waals surface area contributed by atoms with Crippen molar-refractivity contribution in [3.8, 4) is 34.1 Å². The van der Waals surface area contributed by atoms with Crippen molar-refractivity contribution >= 4 is 21.8 Å². The zero-order valence-corrected chi connectivity index (χ0v) is 29.8. The van der Waals surface area contributed by atoms with Crippen molar-refractivity contribution in [3.63, 3.8) is 0 Å². The van der Waals surface area contributed by atoms with Gasteiger partial charge in [-0.25, -0.2) is 14.1 Å². The monoisotopic (exact) mass is 650 g/mol. The van der Waals surface area contributed by atoms with Gasteiger partial charge in [0, 0.05) is 51.6 Å². The van der Waals surface area contributed by atoms with Crippen molar-refractivity contribution in [2.75, 3.05) is 0 Å². The number of rotatable bonds is 5. The molecule has 0 amide bonds. The topological polar surface area (TPSA) is 44.9 Å². The Morgan fingerprint density at radius 3 is 2.06 bits per heavy atom. The van der Waals surface area contributed by atoms with Gasteiger partial charge < -0.3 is 4.74 Å². The Balaban J connectivity index is 1.39. The fourth-order valence-corrected chi connectivity index (χ4v) is 7.09. The zero-order chi connectivity index (χ0) is 34.8. The van der Waals surface area contributed by atoms with E-state index in [2.05, 4.69) is 121 Å². The molecule has 3 aromatic heterocycles. The molecule has 0 saturated carbocycles. The third-order valence-electron chi connectivity index (χ3n) is 9.14. The van der Waals surface area contributed by atoms with Crippen molar-refractivity contribution in [2.45, 2.75) is 73.1 Å². The van der Waals surface area contributed by atoms with Crippen molar-refractivity contribution < 1.29 is 9.13 Å². The maximum atomic E-state index is 14.4. The van der Waals surface area contributed by atoms with Crippen molar-refractivity contribution in [2.24, 2.45) is 0 Å². The molecule has 0 unspecified atom stereocenters. The lowest BCUT2D eigenvalue weighted by atomic mass is 9.79. The van der Waals surface area contributed by atoms with Crippen LogP contribution in [0.5, 0.6) is 11.5 Å². The van der Waals surface area contributed by atoms with E-state index in [0.717, 1.165) is 38.8 Å². The third kappa shape index (κ3) is 5.79. The first kappa shape index (κ1) is 32.3. The van der Waals surface area contributed by atoms with E-state index in [0.29, 0.717) is 17.3 Å². The Hall–Kier alpha value is -5.23. The summed E-state index contributed by atoms with van der Waals surface area (Å²) in [5.41, 5.74) is 10.6. The molecule has 49 heavy (non-hydrogen) atoms. The summed E-state index contributed by atoms with van der Waals surface area (Å²) in [6.07, 6.45) is 1.50. The molecule has 0 aliphatic rings. The number of para-hydroxylation sites is 1. The molecule has 4 aromatic carbocycles. The number of nitrogens with zero attached hydrogens (tertiary/aromatic N) is 4. The normalized spacial score (nSPS) is 12.3. The molecule has 6 heteroatoms. The highest BCUT2D eigenvalue weighted by Crippen LogP contribution is 2.44. The minimum absolute atomic E-state index is 0.192. The van der Waals surface area contributed by atoms with Gasteiger partial charge >= 0.3 is 0 Å². The van der Waals surface area contributed by atoms with Gasteiger partial charge in [-0.05, 0) is 79.4 Å². The van der Waals surface area contributed by atoms with E-state index in [1.165, 1.54) is 46.3 Å². The number of benzene rings is 4. The van der Waals surface area contributed by atoms with Crippen LogP contribution in [0.25, 0.3) is 44.4 Å². The molecule has 0 aliphatic carbocycles. The van der Waals surface area contributed by atoms with Gasteiger partial charge in [0.25, 0.3) is 0 Å². The van der Waals surface area contributed by atoms with Crippen molar-refractivity contribution in [1.29, 1.82) is 0 Å². The fourth-order valence-electron chi connectivity index (χ4n) is 7.09. The molecule has 0 aliphatic heterocycles. The molecule has 0 atom stereocenters. The maximum absolute atomic E-state index is 14.4. The van der Waals surface area contributed by atoms with Gasteiger partial charge in [-0.3, -0.25) is 4.57 Å². The molecular formula is C43H43FN4O. The van der Waals surface area contributed by atoms with Gasteiger partial charge in [-0.2, -0.15) is 5.10 Å². The van der Waals surface area contributed by atoms with Crippen LogP contribution in [-0.4, -0.2) is 19.3 Å². The number of hydrogen-bond donors (Lipinski definition) is 0. The van der Waals surface area contributed by atoms with E-state index in [4.69, 9.17) is 9.84 Å². The Kier molecular flexibility index (Phi) is 7.74. The smallest absolute Gasteiger partial charge is 0.140 e. The van der Waals surface area contributed by atoms with Gasteiger partial charge in [0.15, 0.2) is 0 Å². The highest BCUT2D eigenvalue weighted by molar-refractivity contribution is 6.09. The van der Waals surface area contributed by atoms with Crippen LogP contribution < -0.4 is 4.74 Å². The van der Waals surface area contributed by atoms with Gasteiger partial charge in [-0.15, -0.1) is 0 Å². The van der Waals surface area contributed by atoms with Crippen molar-refractivity contribution in [1.82, 2.24) is 19.3 Å². The average molecular weight is 651 g/mol. The van der Waals surface area contributed by atoms with Crippen LogP contribution >= 0.6 is 0 Å². The molecule has 0 fully saturated rings. The van der Waals surface area contributed by atoms with Gasteiger partial charge in [-0.1, -0.05) is 77.9 Å². The van der Waals surface area contributed by atoms with Crippen molar-refractivity contribution in [3.05, 3.63) is 131 Å². The van der Waals surface area contributed by atoms with E-state index < -0.39 is 0 Å². The van der Waals surface area contributed by atoms with Crippen LogP contribution in [0.15, 0.2) is 97.2 Å². The summed E-state index contributed by atoms with van der Waals surface area (Å²) >= 11 is 0. The molecule has 0 radical (unpaired) electrons. The Bertz CT molecular complexity index is 2360. The second-order valence-corrected chi connectivity index (χ2v) is 15.2. The predicted molar refractivity (Wildman–Crippen MR) is 199 cm³/mol. The average Bonchev–Trinajstić information content (AvgIpc) is 3.58. The highest BCUT2D eigenvalue weighted by atomic mass is 19.1. The minimum Gasteiger partial charge on any atom is -0.457 e. The third-order valence-corrected chi connectivity index (χ3v) is 9.14. The lowest BCUT2D eigenvalue weighted by Crippen LogP contribution is -2.19. The van der Waals surface area contributed by atoms with Crippen LogP contribution in [0.4, 0.5) is 4.39 Å². The number of hydrogen-bond acceptors (Lipinski definition) is 3. The molecule has 0 bridgehead atoms. The first-order valence-corrected chi connectivity index (χ1v) is 16.9. The fraction of sp³-hybridized carbons (Fsp3) is 0.256. The van der Waals surface area contributed by atoms with Crippen LogP contribution in [0.1, 0.15) is 69.6 Å². The molecule has 0 N–H and O–H groups in total. The van der Waals surface area contributed by atoms with Crippen LogP contribution in [-0.2, 0) is 10.8 Å². The molecular weight excluding hydrogens is 607 g/mol. The van der Waals surface area contributed by atoms with Gasteiger partial charge in [0.05, 0.1) is 28.1 Å². The molecule has 7 aromatic rings. The minimum atomic E-state index is -0.334. The molecule has 0 spiro atoms. The molecule has 3 heterocycles. The Labute approximate surface area is 288 Å². The predicted octanol–water partition coefficient (Wildman–Crippen LogP) is 11.5. The summed E-state index contributed by atoms with van der Waals surface area (Å²) in [6, 6.07) is 29.8. The number of aryl methyl sites for hydroxylation is 3. The van der Waals surface area contributed by atoms with Gasteiger partial charge in [0.2, 0.25) is 0 Å². The largest absolute Gasteiger partial charge is 0.457 e. The maximum Gasteiger partial charge on any atom is 0.140 e. The Morgan fingerprint density at radius 2 is 1.37 bits per heavy atom. The summed E-state index contributed by atoms with van der Waals surface area (Å²) in [7, 11) is 0. The van der Waals surface area contributed by atoms with Crippen LogP contribution in [0.3, 0.4) is 0 Å². The highest BCUT2D eigenvalue weighted by Gasteiger charge is 2.34. The first-order valence-electron chi connectivity index (χ1n) is 16.9. The number of halogens is 1. The summed E-state index contributed by atoms with van der Waals surface area (Å²) in [4.78, 5) is 4.51. The summed E-state index contributed by atoms with van der Waals surface area (Å²) in [6.45, 7) is 20.0. The zero-order valence-electron chi connectivity index (χ0n) is 29.8. The summed E-state index contributed by atoms with van der Waals surface area (Å²) in [5.74, 6) is 1.57. The molecule has 0 saturated heterocycles. The van der Waals surface area contributed by atoms with E-state index in [1.54, 1.807) is 0 Å². The quantitative estimate of drug-likeness (QED) is 0.186. The number of pyridine rings is 1. The molecule has 5 nitrogen and oxygen atoms in total. The number of fused-ring (bicyclic) bond motifs is 3. The van der Waals surface area contributed by atoms with Crippen LogP contribution in [0, 0.1) is 26.6 Å². The first-order chi connectivity index (χ1) is 23.2. The van der Waals surface area contributed by atoms with E-state index >= 15 is 0 Å².